The number of aliphatic hydroxyl groups is 1. The molecule has 4 heteroatoms. The minimum atomic E-state index is -0.534. The number of ether oxygens (including phenoxy) is 1. The average molecular weight is 265 g/mol. The molecule has 1 atom stereocenters. The quantitative estimate of drug-likeness (QED) is 0.756. The monoisotopic (exact) mass is 265 g/mol. The van der Waals surface area contributed by atoms with E-state index in [0.29, 0.717) is 26.0 Å². The summed E-state index contributed by atoms with van der Waals surface area (Å²) in [6, 6.07) is 9.44. The lowest BCUT2D eigenvalue weighted by atomic mass is 10.1. The molecular weight excluding hydrogens is 242 g/mol. The van der Waals surface area contributed by atoms with Crippen LogP contribution in [0.25, 0.3) is 0 Å². The lowest BCUT2D eigenvalue weighted by Crippen LogP contribution is -2.26. The molecule has 19 heavy (non-hydrogen) atoms. The van der Waals surface area contributed by atoms with Gasteiger partial charge in [-0.15, -0.1) is 0 Å². The zero-order valence-electron chi connectivity index (χ0n) is 11.6. The summed E-state index contributed by atoms with van der Waals surface area (Å²) in [5.74, 6) is -0.0408. The number of nitrogens with one attached hydrogen (secondary N) is 1. The summed E-state index contributed by atoms with van der Waals surface area (Å²) >= 11 is 0. The summed E-state index contributed by atoms with van der Waals surface area (Å²) in [5.41, 5.74) is 0.875. The van der Waals surface area contributed by atoms with E-state index in [9.17, 15) is 9.90 Å². The molecule has 0 fully saturated rings. The summed E-state index contributed by atoms with van der Waals surface area (Å²) < 4.78 is 5.30. The van der Waals surface area contributed by atoms with E-state index in [0.717, 1.165) is 5.56 Å². The van der Waals surface area contributed by atoms with Crippen molar-refractivity contribution in [1.29, 1.82) is 0 Å². The zero-order chi connectivity index (χ0) is 14.1. The molecule has 2 N–H and O–H groups in total. The molecule has 0 aliphatic heterocycles. The van der Waals surface area contributed by atoms with Crippen LogP contribution in [-0.2, 0) is 9.53 Å². The van der Waals surface area contributed by atoms with Gasteiger partial charge in [0.05, 0.1) is 18.8 Å². The van der Waals surface area contributed by atoms with Gasteiger partial charge < -0.3 is 15.2 Å². The molecule has 0 heterocycles. The summed E-state index contributed by atoms with van der Waals surface area (Å²) in [6.45, 7) is 4.78. The number of aliphatic hydroxyl groups excluding tert-OH is 1. The summed E-state index contributed by atoms with van der Waals surface area (Å²) in [5, 5.41) is 12.7. The number of hydrogen-bond acceptors (Lipinski definition) is 3. The highest BCUT2D eigenvalue weighted by molar-refractivity contribution is 5.75. The van der Waals surface area contributed by atoms with Gasteiger partial charge in [0, 0.05) is 13.0 Å². The van der Waals surface area contributed by atoms with E-state index in [-0.39, 0.29) is 12.0 Å². The van der Waals surface area contributed by atoms with E-state index in [1.807, 2.05) is 44.2 Å². The highest BCUT2D eigenvalue weighted by atomic mass is 16.5. The van der Waals surface area contributed by atoms with E-state index in [1.54, 1.807) is 0 Å². The Bertz CT molecular complexity index is 365. The fourth-order valence-corrected chi connectivity index (χ4v) is 1.67. The molecule has 0 bridgehead atoms. The van der Waals surface area contributed by atoms with Crippen LogP contribution in [0.15, 0.2) is 30.3 Å². The second-order valence-electron chi connectivity index (χ2n) is 4.73. The van der Waals surface area contributed by atoms with E-state index in [2.05, 4.69) is 5.32 Å². The Morgan fingerprint density at radius 3 is 2.63 bits per heavy atom. The largest absolute Gasteiger partial charge is 0.388 e. The molecule has 4 nitrogen and oxygen atoms in total. The molecule has 1 aromatic rings. The predicted octanol–water partition coefficient (Wildman–Crippen LogP) is 2.04. The Morgan fingerprint density at radius 1 is 1.32 bits per heavy atom. The summed E-state index contributed by atoms with van der Waals surface area (Å²) in [7, 11) is 0. The lowest BCUT2D eigenvalue weighted by molar-refractivity contribution is -0.122. The van der Waals surface area contributed by atoms with Crippen LogP contribution >= 0.6 is 0 Å². The molecule has 1 aromatic carbocycles. The molecule has 0 radical (unpaired) electrons. The molecule has 106 valence electrons. The van der Waals surface area contributed by atoms with E-state index >= 15 is 0 Å². The number of carbonyl (C=O) groups is 1. The highest BCUT2D eigenvalue weighted by Crippen LogP contribution is 2.14. The standard InChI is InChI=1S/C15H23NO3/c1-12(2)19-11-9-15(18)16-10-8-14(17)13-6-4-3-5-7-13/h3-7,12,14,17H,8-11H2,1-2H3,(H,16,18). The van der Waals surface area contributed by atoms with Crippen LogP contribution in [0.1, 0.15) is 38.4 Å². The molecule has 1 unspecified atom stereocenters. The van der Waals surface area contributed by atoms with Gasteiger partial charge in [-0.25, -0.2) is 0 Å². The van der Waals surface area contributed by atoms with E-state index in [4.69, 9.17) is 4.74 Å². The smallest absolute Gasteiger partial charge is 0.222 e. The average Bonchev–Trinajstić information content (AvgIpc) is 2.39. The third kappa shape index (κ3) is 6.94. The van der Waals surface area contributed by atoms with Crippen LogP contribution < -0.4 is 5.32 Å². The maximum absolute atomic E-state index is 11.5. The van der Waals surface area contributed by atoms with Crippen molar-refractivity contribution in [3.8, 4) is 0 Å². The third-order valence-corrected chi connectivity index (χ3v) is 2.70. The number of hydrogen-bond donors (Lipinski definition) is 2. The van der Waals surface area contributed by atoms with Crippen molar-refractivity contribution in [3.05, 3.63) is 35.9 Å². The molecule has 0 saturated carbocycles. The van der Waals surface area contributed by atoms with Gasteiger partial charge in [-0.05, 0) is 25.8 Å². The van der Waals surface area contributed by atoms with Gasteiger partial charge in [-0.2, -0.15) is 0 Å². The molecule has 1 amide bonds. The number of carbonyl (C=O) groups excluding carboxylic acids is 1. The number of benzene rings is 1. The maximum Gasteiger partial charge on any atom is 0.222 e. The topological polar surface area (TPSA) is 58.6 Å². The van der Waals surface area contributed by atoms with Gasteiger partial charge in [0.15, 0.2) is 0 Å². The Hall–Kier alpha value is -1.39. The first-order valence-electron chi connectivity index (χ1n) is 6.71. The fraction of sp³-hybridized carbons (Fsp3) is 0.533. The Morgan fingerprint density at radius 2 is 2.00 bits per heavy atom. The lowest BCUT2D eigenvalue weighted by Gasteiger charge is -2.12. The normalized spacial score (nSPS) is 12.4. The maximum atomic E-state index is 11.5. The predicted molar refractivity (Wildman–Crippen MR) is 74.7 cm³/mol. The van der Waals surface area contributed by atoms with Gasteiger partial charge in [0.2, 0.25) is 5.91 Å². The summed E-state index contributed by atoms with van der Waals surface area (Å²) in [4.78, 5) is 11.5. The van der Waals surface area contributed by atoms with E-state index < -0.39 is 6.10 Å². The van der Waals surface area contributed by atoms with Crippen molar-refractivity contribution in [2.75, 3.05) is 13.2 Å². The molecule has 0 saturated heterocycles. The second-order valence-corrected chi connectivity index (χ2v) is 4.73. The third-order valence-electron chi connectivity index (χ3n) is 2.70. The minimum absolute atomic E-state index is 0.0408. The second kappa shape index (κ2) is 8.67. The van der Waals surface area contributed by atoms with Gasteiger partial charge in [0.1, 0.15) is 0 Å². The van der Waals surface area contributed by atoms with Crippen molar-refractivity contribution >= 4 is 5.91 Å². The van der Waals surface area contributed by atoms with Crippen molar-refractivity contribution in [1.82, 2.24) is 5.32 Å². The zero-order valence-corrected chi connectivity index (χ0v) is 11.6. The molecule has 0 aliphatic rings. The van der Waals surface area contributed by atoms with Crippen LogP contribution in [0.2, 0.25) is 0 Å². The van der Waals surface area contributed by atoms with Gasteiger partial charge in [0.25, 0.3) is 0 Å². The highest BCUT2D eigenvalue weighted by Gasteiger charge is 2.07. The molecular formula is C15H23NO3. The SMILES string of the molecule is CC(C)OCCC(=O)NCCC(O)c1ccccc1. The Kier molecular flexibility index (Phi) is 7.15. The van der Waals surface area contributed by atoms with Crippen LogP contribution in [0.4, 0.5) is 0 Å². The first-order valence-corrected chi connectivity index (χ1v) is 6.71. The fourth-order valence-electron chi connectivity index (χ4n) is 1.67. The van der Waals surface area contributed by atoms with Crippen molar-refractivity contribution < 1.29 is 14.6 Å². The first-order chi connectivity index (χ1) is 9.09. The molecule has 0 aromatic heterocycles. The van der Waals surface area contributed by atoms with Crippen molar-refractivity contribution in [3.63, 3.8) is 0 Å². The molecule has 1 rings (SSSR count). The molecule has 0 spiro atoms. The van der Waals surface area contributed by atoms with Crippen LogP contribution in [-0.4, -0.2) is 30.3 Å². The first kappa shape index (κ1) is 15.7. The van der Waals surface area contributed by atoms with E-state index in [1.165, 1.54) is 0 Å². The van der Waals surface area contributed by atoms with Crippen LogP contribution in [0, 0.1) is 0 Å². The Balaban J connectivity index is 2.14. The van der Waals surface area contributed by atoms with Crippen LogP contribution in [0.5, 0.6) is 0 Å². The Labute approximate surface area is 114 Å². The number of amides is 1. The molecule has 0 aliphatic carbocycles. The summed E-state index contributed by atoms with van der Waals surface area (Å²) in [6.07, 6.45) is 0.488. The van der Waals surface area contributed by atoms with Gasteiger partial charge >= 0.3 is 0 Å². The van der Waals surface area contributed by atoms with Crippen molar-refractivity contribution in [2.45, 2.75) is 38.9 Å². The van der Waals surface area contributed by atoms with Crippen molar-refractivity contribution in [2.24, 2.45) is 0 Å². The number of rotatable bonds is 8. The minimum Gasteiger partial charge on any atom is -0.388 e. The van der Waals surface area contributed by atoms with Gasteiger partial charge in [-0.3, -0.25) is 4.79 Å². The van der Waals surface area contributed by atoms with Gasteiger partial charge in [-0.1, -0.05) is 30.3 Å². The van der Waals surface area contributed by atoms with Crippen LogP contribution in [0.3, 0.4) is 0 Å².